The number of unbranched alkanes of at least 4 members (excludes halogenated alkanes) is 2. The minimum absolute atomic E-state index is 0.401. The van der Waals surface area contributed by atoms with E-state index in [0.29, 0.717) is 13.2 Å². The van der Waals surface area contributed by atoms with Crippen molar-refractivity contribution in [2.75, 3.05) is 13.7 Å². The van der Waals surface area contributed by atoms with Crippen LogP contribution in [-0.2, 0) is 11.3 Å². The summed E-state index contributed by atoms with van der Waals surface area (Å²) < 4.78 is 6.00. The number of aromatic amines is 1. The summed E-state index contributed by atoms with van der Waals surface area (Å²) in [6, 6.07) is 0. The van der Waals surface area contributed by atoms with Crippen molar-refractivity contribution in [2.45, 2.75) is 25.8 Å². The second-order valence-electron chi connectivity index (χ2n) is 3.20. The SMILES string of the molecule is COCCCCCn1c(=O)nc[nH]c1=O. The summed E-state index contributed by atoms with van der Waals surface area (Å²) in [5, 5.41) is 0. The molecule has 0 unspecified atom stereocenters. The number of rotatable bonds is 6. The molecule has 15 heavy (non-hydrogen) atoms. The largest absolute Gasteiger partial charge is 0.385 e. The molecule has 1 N–H and O–H groups in total. The highest BCUT2D eigenvalue weighted by atomic mass is 16.5. The number of nitrogens with one attached hydrogen (secondary N) is 1. The molecule has 0 radical (unpaired) electrons. The minimum Gasteiger partial charge on any atom is -0.385 e. The maximum atomic E-state index is 11.2. The molecule has 1 aromatic rings. The van der Waals surface area contributed by atoms with Gasteiger partial charge in [-0.15, -0.1) is 0 Å². The molecule has 0 atom stereocenters. The lowest BCUT2D eigenvalue weighted by Gasteiger charge is -2.02. The molecule has 0 aliphatic rings. The van der Waals surface area contributed by atoms with Crippen LogP contribution in [0.25, 0.3) is 0 Å². The van der Waals surface area contributed by atoms with Crippen molar-refractivity contribution in [3.8, 4) is 0 Å². The molecule has 0 saturated carbocycles. The quantitative estimate of drug-likeness (QED) is 0.661. The Hall–Kier alpha value is -1.43. The van der Waals surface area contributed by atoms with E-state index in [-0.39, 0.29) is 0 Å². The van der Waals surface area contributed by atoms with Crippen LogP contribution in [0, 0.1) is 0 Å². The van der Waals surface area contributed by atoms with Crippen molar-refractivity contribution in [1.29, 1.82) is 0 Å². The Morgan fingerprint density at radius 3 is 2.87 bits per heavy atom. The molecule has 0 aliphatic carbocycles. The van der Waals surface area contributed by atoms with Gasteiger partial charge in [0.1, 0.15) is 6.33 Å². The van der Waals surface area contributed by atoms with Crippen molar-refractivity contribution in [3.05, 3.63) is 27.3 Å². The van der Waals surface area contributed by atoms with E-state index in [0.717, 1.165) is 30.2 Å². The second-order valence-corrected chi connectivity index (χ2v) is 3.20. The third-order valence-electron chi connectivity index (χ3n) is 2.07. The Balaban J connectivity index is 2.44. The Morgan fingerprint density at radius 2 is 2.20 bits per heavy atom. The molecule has 0 aliphatic heterocycles. The molecule has 0 bridgehead atoms. The van der Waals surface area contributed by atoms with Crippen LogP contribution < -0.4 is 11.4 Å². The summed E-state index contributed by atoms with van der Waals surface area (Å²) in [5.74, 6) is 0. The van der Waals surface area contributed by atoms with E-state index >= 15 is 0 Å². The Kier molecular flexibility index (Phi) is 4.76. The van der Waals surface area contributed by atoms with Gasteiger partial charge in [-0.1, -0.05) is 0 Å². The Bertz CT molecular complexity index is 368. The summed E-state index contributed by atoms with van der Waals surface area (Å²) in [6.45, 7) is 1.12. The van der Waals surface area contributed by atoms with Crippen molar-refractivity contribution >= 4 is 0 Å². The first kappa shape index (κ1) is 11.6. The van der Waals surface area contributed by atoms with Crippen LogP contribution in [0.3, 0.4) is 0 Å². The van der Waals surface area contributed by atoms with Gasteiger partial charge < -0.3 is 4.74 Å². The van der Waals surface area contributed by atoms with E-state index in [9.17, 15) is 9.59 Å². The van der Waals surface area contributed by atoms with Crippen LogP contribution in [0.1, 0.15) is 19.3 Å². The van der Waals surface area contributed by atoms with E-state index in [2.05, 4.69) is 9.97 Å². The van der Waals surface area contributed by atoms with Crippen molar-refractivity contribution in [1.82, 2.24) is 14.5 Å². The molecule has 1 rings (SSSR count). The molecular formula is C9H15N3O3. The van der Waals surface area contributed by atoms with E-state index in [1.54, 1.807) is 7.11 Å². The van der Waals surface area contributed by atoms with Crippen LogP contribution in [0.2, 0.25) is 0 Å². The number of methoxy groups -OCH3 is 1. The van der Waals surface area contributed by atoms with Gasteiger partial charge in [-0.05, 0) is 19.3 Å². The molecule has 0 spiro atoms. The number of hydrogen-bond donors (Lipinski definition) is 1. The van der Waals surface area contributed by atoms with E-state index in [1.807, 2.05) is 0 Å². The van der Waals surface area contributed by atoms with Gasteiger partial charge in [-0.25, -0.2) is 14.2 Å². The highest BCUT2D eigenvalue weighted by molar-refractivity contribution is 4.67. The fourth-order valence-electron chi connectivity index (χ4n) is 1.27. The summed E-state index contributed by atoms with van der Waals surface area (Å²) in [6.07, 6.45) is 3.75. The minimum atomic E-state index is -0.495. The average Bonchev–Trinajstić information content (AvgIpc) is 2.21. The number of aromatic nitrogens is 3. The van der Waals surface area contributed by atoms with Crippen LogP contribution in [-0.4, -0.2) is 28.3 Å². The molecule has 0 saturated heterocycles. The number of H-pyrrole nitrogens is 1. The van der Waals surface area contributed by atoms with Gasteiger partial charge in [-0.3, -0.25) is 4.98 Å². The van der Waals surface area contributed by atoms with E-state index < -0.39 is 11.4 Å². The van der Waals surface area contributed by atoms with Gasteiger partial charge in [-0.2, -0.15) is 4.98 Å². The standard InChI is InChI=1S/C9H15N3O3/c1-15-6-4-2-3-5-12-8(13)10-7-11-9(12)14/h7H,2-6H2,1H3,(H,10,11,13,14). The fraction of sp³-hybridized carbons (Fsp3) is 0.667. The molecule has 6 heteroatoms. The summed E-state index contributed by atoms with van der Waals surface area (Å²) >= 11 is 0. The van der Waals surface area contributed by atoms with Gasteiger partial charge >= 0.3 is 11.4 Å². The molecule has 0 amide bonds. The van der Waals surface area contributed by atoms with Crippen LogP contribution in [0.15, 0.2) is 15.9 Å². The van der Waals surface area contributed by atoms with E-state index in [4.69, 9.17) is 4.74 Å². The zero-order valence-corrected chi connectivity index (χ0v) is 8.73. The lowest BCUT2D eigenvalue weighted by atomic mass is 10.2. The Labute approximate surface area is 86.9 Å². The van der Waals surface area contributed by atoms with Gasteiger partial charge in [0.05, 0.1) is 0 Å². The first-order valence-corrected chi connectivity index (χ1v) is 4.89. The summed E-state index contributed by atoms with van der Waals surface area (Å²) in [7, 11) is 1.65. The van der Waals surface area contributed by atoms with Crippen LogP contribution in [0.4, 0.5) is 0 Å². The normalized spacial score (nSPS) is 10.5. The van der Waals surface area contributed by atoms with Crippen molar-refractivity contribution in [3.63, 3.8) is 0 Å². The lowest BCUT2D eigenvalue weighted by molar-refractivity contribution is 0.191. The predicted molar refractivity (Wildman–Crippen MR) is 54.8 cm³/mol. The van der Waals surface area contributed by atoms with Crippen LogP contribution in [0.5, 0.6) is 0 Å². The van der Waals surface area contributed by atoms with Gasteiger partial charge in [0.15, 0.2) is 0 Å². The number of hydrogen-bond acceptors (Lipinski definition) is 4. The zero-order valence-electron chi connectivity index (χ0n) is 8.73. The monoisotopic (exact) mass is 213 g/mol. The summed E-state index contributed by atoms with van der Waals surface area (Å²) in [4.78, 5) is 28.2. The maximum Gasteiger partial charge on any atom is 0.353 e. The third kappa shape index (κ3) is 3.67. The molecule has 1 heterocycles. The Morgan fingerprint density at radius 1 is 1.40 bits per heavy atom. The van der Waals surface area contributed by atoms with Gasteiger partial charge in [0.25, 0.3) is 0 Å². The number of ether oxygens (including phenoxy) is 1. The smallest absolute Gasteiger partial charge is 0.353 e. The van der Waals surface area contributed by atoms with Gasteiger partial charge in [0.2, 0.25) is 0 Å². The molecule has 1 aromatic heterocycles. The predicted octanol–water partition coefficient (Wildman–Crippen LogP) is -0.252. The lowest BCUT2D eigenvalue weighted by Crippen LogP contribution is -2.36. The van der Waals surface area contributed by atoms with Gasteiger partial charge in [0, 0.05) is 20.3 Å². The fourth-order valence-corrected chi connectivity index (χ4v) is 1.27. The molecule has 84 valence electrons. The first-order chi connectivity index (χ1) is 7.25. The highest BCUT2D eigenvalue weighted by Gasteiger charge is 2.00. The second kappa shape index (κ2) is 6.13. The molecule has 0 fully saturated rings. The van der Waals surface area contributed by atoms with Crippen molar-refractivity contribution < 1.29 is 4.74 Å². The van der Waals surface area contributed by atoms with Crippen molar-refractivity contribution in [2.24, 2.45) is 0 Å². The topological polar surface area (TPSA) is 77.0 Å². The number of nitrogens with zero attached hydrogens (tertiary/aromatic N) is 2. The first-order valence-electron chi connectivity index (χ1n) is 4.89. The zero-order chi connectivity index (χ0) is 11.1. The molecule has 6 nitrogen and oxygen atoms in total. The highest BCUT2D eigenvalue weighted by Crippen LogP contribution is 1.95. The maximum absolute atomic E-state index is 11.2. The van der Waals surface area contributed by atoms with Crippen LogP contribution >= 0.6 is 0 Å². The van der Waals surface area contributed by atoms with E-state index in [1.165, 1.54) is 0 Å². The summed E-state index contributed by atoms with van der Waals surface area (Å²) in [5.41, 5.74) is -0.896. The third-order valence-corrected chi connectivity index (χ3v) is 2.07. The molecular weight excluding hydrogens is 198 g/mol. The molecule has 0 aromatic carbocycles. The average molecular weight is 213 g/mol.